The Balaban J connectivity index is 0.000001000. The first kappa shape index (κ1) is 10.2. The van der Waals surface area contributed by atoms with Crippen molar-refractivity contribution in [2.75, 3.05) is 12.5 Å². The molecule has 0 aliphatic carbocycles. The van der Waals surface area contributed by atoms with Crippen LogP contribution in [0.15, 0.2) is 24.3 Å². The fraction of sp³-hybridized carbons (Fsp3) is 0.143. The summed E-state index contributed by atoms with van der Waals surface area (Å²) in [6, 6.07) is 6.48. The van der Waals surface area contributed by atoms with E-state index in [-0.39, 0.29) is 18.2 Å². The quantitative estimate of drug-likeness (QED) is 0.672. The molecule has 0 aliphatic rings. The van der Waals surface area contributed by atoms with Crippen molar-refractivity contribution in [1.29, 1.82) is 0 Å². The van der Waals surface area contributed by atoms with Gasteiger partial charge in [-0.25, -0.2) is 9.82 Å². The van der Waals surface area contributed by atoms with Gasteiger partial charge >= 0.3 is 0 Å². The standard InChI is InChI=1S/C7H9FN2.ClH/c1-9-10-7-5-3-2-4-6(7)8;/h2-5,9-10H,1H3;1H. The molecule has 0 fully saturated rings. The topological polar surface area (TPSA) is 24.1 Å². The van der Waals surface area contributed by atoms with Crippen LogP contribution in [0.25, 0.3) is 0 Å². The normalized spacial score (nSPS) is 8.55. The zero-order chi connectivity index (χ0) is 7.40. The van der Waals surface area contributed by atoms with E-state index in [9.17, 15) is 4.39 Å². The Morgan fingerprint density at radius 1 is 1.27 bits per heavy atom. The Morgan fingerprint density at radius 2 is 1.91 bits per heavy atom. The molecule has 0 atom stereocenters. The van der Waals surface area contributed by atoms with Gasteiger partial charge in [0, 0.05) is 7.05 Å². The van der Waals surface area contributed by atoms with Crippen molar-refractivity contribution in [3.8, 4) is 0 Å². The van der Waals surface area contributed by atoms with Gasteiger partial charge in [-0.15, -0.1) is 12.4 Å². The molecule has 62 valence electrons. The highest BCUT2D eigenvalue weighted by Gasteiger charge is 1.95. The zero-order valence-electron chi connectivity index (χ0n) is 6.10. The minimum absolute atomic E-state index is 0. The molecule has 0 saturated carbocycles. The zero-order valence-corrected chi connectivity index (χ0v) is 6.91. The van der Waals surface area contributed by atoms with E-state index >= 15 is 0 Å². The average Bonchev–Trinajstić information content (AvgIpc) is 1.94. The first-order valence-electron chi connectivity index (χ1n) is 3.02. The maximum absolute atomic E-state index is 12.7. The van der Waals surface area contributed by atoms with Crippen LogP contribution in [0, 0.1) is 5.82 Å². The molecule has 0 bridgehead atoms. The van der Waals surface area contributed by atoms with Crippen molar-refractivity contribution in [3.63, 3.8) is 0 Å². The number of hydrogen-bond donors (Lipinski definition) is 2. The van der Waals surface area contributed by atoms with Crippen LogP contribution >= 0.6 is 12.4 Å². The first-order valence-corrected chi connectivity index (χ1v) is 3.02. The van der Waals surface area contributed by atoms with Gasteiger partial charge < -0.3 is 5.43 Å². The number of nitrogens with one attached hydrogen (secondary N) is 2. The lowest BCUT2D eigenvalue weighted by atomic mass is 10.3. The molecule has 4 heteroatoms. The fourth-order valence-corrected chi connectivity index (χ4v) is 0.697. The summed E-state index contributed by atoms with van der Waals surface area (Å²) in [5.41, 5.74) is 5.75. The molecule has 0 amide bonds. The summed E-state index contributed by atoms with van der Waals surface area (Å²) in [4.78, 5) is 0. The lowest BCUT2D eigenvalue weighted by Gasteiger charge is -2.03. The third-order valence-corrected chi connectivity index (χ3v) is 1.13. The third-order valence-electron chi connectivity index (χ3n) is 1.13. The number of halogens is 2. The first-order chi connectivity index (χ1) is 4.84. The molecular weight excluding hydrogens is 167 g/mol. The number of rotatable bonds is 2. The average molecular weight is 177 g/mol. The molecule has 11 heavy (non-hydrogen) atoms. The molecule has 2 N–H and O–H groups in total. The number of anilines is 1. The molecule has 0 radical (unpaired) electrons. The van der Waals surface area contributed by atoms with Crippen molar-refractivity contribution < 1.29 is 4.39 Å². The van der Waals surface area contributed by atoms with Gasteiger partial charge in [0.25, 0.3) is 0 Å². The molecule has 2 nitrogen and oxygen atoms in total. The maximum atomic E-state index is 12.7. The van der Waals surface area contributed by atoms with Crippen LogP contribution in [0.3, 0.4) is 0 Å². The number of hydrazine groups is 1. The Labute approximate surface area is 71.2 Å². The van der Waals surface area contributed by atoms with E-state index in [1.807, 2.05) is 0 Å². The summed E-state index contributed by atoms with van der Waals surface area (Å²) in [6.07, 6.45) is 0. The monoisotopic (exact) mass is 176 g/mol. The van der Waals surface area contributed by atoms with E-state index in [4.69, 9.17) is 0 Å². The van der Waals surface area contributed by atoms with E-state index in [1.54, 1.807) is 25.2 Å². The van der Waals surface area contributed by atoms with Crippen molar-refractivity contribution in [2.45, 2.75) is 0 Å². The van der Waals surface area contributed by atoms with Crippen LogP contribution in [0.5, 0.6) is 0 Å². The van der Waals surface area contributed by atoms with Gasteiger partial charge in [-0.3, -0.25) is 0 Å². The molecule has 0 aliphatic heterocycles. The van der Waals surface area contributed by atoms with Gasteiger partial charge in [-0.2, -0.15) is 0 Å². The van der Waals surface area contributed by atoms with Crippen LogP contribution < -0.4 is 10.9 Å². The largest absolute Gasteiger partial charge is 0.319 e. The fourth-order valence-electron chi connectivity index (χ4n) is 0.697. The molecular formula is C7H10ClFN2. The van der Waals surface area contributed by atoms with Gasteiger partial charge in [-0.1, -0.05) is 12.1 Å². The predicted octanol–water partition coefficient (Wildman–Crippen LogP) is 1.79. The predicted molar refractivity (Wildman–Crippen MR) is 46.3 cm³/mol. The van der Waals surface area contributed by atoms with Gasteiger partial charge in [-0.05, 0) is 12.1 Å². The molecule has 0 unspecified atom stereocenters. The van der Waals surface area contributed by atoms with E-state index in [2.05, 4.69) is 10.9 Å². The second kappa shape index (κ2) is 4.93. The van der Waals surface area contributed by atoms with Crippen molar-refractivity contribution in [1.82, 2.24) is 5.43 Å². The maximum Gasteiger partial charge on any atom is 0.147 e. The minimum Gasteiger partial charge on any atom is -0.319 e. The second-order valence-electron chi connectivity index (χ2n) is 1.85. The molecule has 0 aromatic heterocycles. The van der Waals surface area contributed by atoms with Crippen LogP contribution in [0.4, 0.5) is 10.1 Å². The van der Waals surface area contributed by atoms with E-state index in [0.29, 0.717) is 5.69 Å². The molecule has 1 aromatic carbocycles. The Kier molecular flexibility index (Phi) is 4.57. The summed E-state index contributed by atoms with van der Waals surface area (Å²) in [7, 11) is 1.69. The second-order valence-corrected chi connectivity index (χ2v) is 1.85. The van der Waals surface area contributed by atoms with Crippen LogP contribution in [0.1, 0.15) is 0 Å². The molecule has 0 saturated heterocycles. The molecule has 1 aromatic rings. The van der Waals surface area contributed by atoms with Crippen LogP contribution in [-0.4, -0.2) is 7.05 Å². The highest BCUT2D eigenvalue weighted by molar-refractivity contribution is 5.85. The number of benzene rings is 1. The van der Waals surface area contributed by atoms with Gasteiger partial charge in [0.2, 0.25) is 0 Å². The third kappa shape index (κ3) is 2.74. The Bertz CT molecular complexity index is 217. The SMILES string of the molecule is CNNc1ccccc1F.Cl. The summed E-state index contributed by atoms with van der Waals surface area (Å²) in [5, 5.41) is 0. The van der Waals surface area contributed by atoms with E-state index in [0.717, 1.165) is 0 Å². The lowest BCUT2D eigenvalue weighted by molar-refractivity contribution is 0.628. The van der Waals surface area contributed by atoms with Gasteiger partial charge in [0.15, 0.2) is 0 Å². The Morgan fingerprint density at radius 3 is 2.45 bits per heavy atom. The van der Waals surface area contributed by atoms with Crippen molar-refractivity contribution in [3.05, 3.63) is 30.1 Å². The highest BCUT2D eigenvalue weighted by atomic mass is 35.5. The molecule has 0 spiro atoms. The van der Waals surface area contributed by atoms with Crippen molar-refractivity contribution in [2.24, 2.45) is 0 Å². The van der Waals surface area contributed by atoms with Crippen molar-refractivity contribution >= 4 is 18.1 Å². The van der Waals surface area contributed by atoms with Crippen LogP contribution in [-0.2, 0) is 0 Å². The number of hydrogen-bond acceptors (Lipinski definition) is 2. The van der Waals surface area contributed by atoms with E-state index in [1.165, 1.54) is 6.07 Å². The Hall–Kier alpha value is -0.800. The van der Waals surface area contributed by atoms with Gasteiger partial charge in [0.1, 0.15) is 5.82 Å². The van der Waals surface area contributed by atoms with E-state index < -0.39 is 0 Å². The summed E-state index contributed by atoms with van der Waals surface area (Å²) in [5.74, 6) is -0.253. The smallest absolute Gasteiger partial charge is 0.147 e. The minimum atomic E-state index is -0.253. The molecule has 0 heterocycles. The number of para-hydroxylation sites is 1. The highest BCUT2D eigenvalue weighted by Crippen LogP contribution is 2.09. The summed E-state index contributed by atoms with van der Waals surface area (Å²) >= 11 is 0. The van der Waals surface area contributed by atoms with Crippen LogP contribution in [0.2, 0.25) is 0 Å². The van der Waals surface area contributed by atoms with Gasteiger partial charge in [0.05, 0.1) is 5.69 Å². The summed E-state index contributed by atoms with van der Waals surface area (Å²) < 4.78 is 12.7. The lowest BCUT2D eigenvalue weighted by Crippen LogP contribution is -2.15. The summed E-state index contributed by atoms with van der Waals surface area (Å²) in [6.45, 7) is 0. The molecule has 1 rings (SSSR count).